The van der Waals surface area contributed by atoms with Crippen molar-refractivity contribution in [3.05, 3.63) is 70.5 Å². The molecule has 8 nitrogen and oxygen atoms in total. The fourth-order valence-corrected chi connectivity index (χ4v) is 4.14. The minimum atomic E-state index is -0.546. The Balaban J connectivity index is 1.52. The molecule has 0 amide bonds. The van der Waals surface area contributed by atoms with Crippen LogP contribution in [0.4, 0.5) is 16.0 Å². The molecular formula is C26H30FN5O3. The number of aromatic nitrogens is 3. The standard InChI is InChI=1S/C26H30FN5O3/c1-17-16-31(19-8-6-18(7-9-19)24(34)35-26(2,3)4)12-13-32(17)25-29-22(14-23(33)30(25)5)20-10-11-28-15-21(20)27/h6-11,14-15,17H,12-13,16H2,1-5H3. The quantitative estimate of drug-likeness (QED) is 0.529. The van der Waals surface area contributed by atoms with Gasteiger partial charge >= 0.3 is 5.97 Å². The number of nitrogens with zero attached hydrogens (tertiary/aromatic N) is 5. The molecule has 0 N–H and O–H groups in total. The monoisotopic (exact) mass is 479 g/mol. The maximum Gasteiger partial charge on any atom is 0.338 e. The van der Waals surface area contributed by atoms with Gasteiger partial charge in [0.15, 0.2) is 5.82 Å². The van der Waals surface area contributed by atoms with Crippen LogP contribution >= 0.6 is 0 Å². The van der Waals surface area contributed by atoms with Crippen LogP contribution in [0.25, 0.3) is 11.3 Å². The number of hydrogen-bond acceptors (Lipinski definition) is 7. The summed E-state index contributed by atoms with van der Waals surface area (Å²) in [5, 5.41) is 0. The summed E-state index contributed by atoms with van der Waals surface area (Å²) < 4.78 is 21.2. The van der Waals surface area contributed by atoms with Crippen LogP contribution in [0.1, 0.15) is 38.1 Å². The first-order valence-corrected chi connectivity index (χ1v) is 11.6. The van der Waals surface area contributed by atoms with Gasteiger partial charge < -0.3 is 14.5 Å². The molecule has 0 bridgehead atoms. The van der Waals surface area contributed by atoms with Crippen molar-refractivity contribution in [2.75, 3.05) is 29.4 Å². The Morgan fingerprint density at radius 2 is 1.86 bits per heavy atom. The van der Waals surface area contributed by atoms with Crippen molar-refractivity contribution < 1.29 is 13.9 Å². The fraction of sp³-hybridized carbons (Fsp3) is 0.385. The molecule has 1 fully saturated rings. The van der Waals surface area contributed by atoms with Crippen molar-refractivity contribution in [3.63, 3.8) is 0 Å². The van der Waals surface area contributed by atoms with E-state index in [-0.39, 0.29) is 28.8 Å². The zero-order chi connectivity index (χ0) is 25.3. The average molecular weight is 480 g/mol. The molecule has 184 valence electrons. The first-order valence-electron chi connectivity index (χ1n) is 11.6. The molecule has 35 heavy (non-hydrogen) atoms. The Labute approximate surface area is 204 Å². The molecule has 1 saturated heterocycles. The predicted octanol–water partition coefficient (Wildman–Crippen LogP) is 3.65. The van der Waals surface area contributed by atoms with E-state index in [2.05, 4.69) is 26.7 Å². The lowest BCUT2D eigenvalue weighted by molar-refractivity contribution is 0.00695. The average Bonchev–Trinajstić information content (AvgIpc) is 2.80. The molecule has 2 aromatic heterocycles. The van der Waals surface area contributed by atoms with Crippen molar-refractivity contribution in [1.29, 1.82) is 0 Å². The zero-order valence-corrected chi connectivity index (χ0v) is 20.7. The third-order valence-electron chi connectivity index (χ3n) is 5.91. The summed E-state index contributed by atoms with van der Waals surface area (Å²) in [4.78, 5) is 37.7. The topological polar surface area (TPSA) is 80.6 Å². The number of esters is 1. The summed E-state index contributed by atoms with van der Waals surface area (Å²) in [6.07, 6.45) is 2.59. The molecule has 0 aliphatic carbocycles. The van der Waals surface area contributed by atoms with Crippen LogP contribution < -0.4 is 15.4 Å². The van der Waals surface area contributed by atoms with E-state index in [9.17, 15) is 14.0 Å². The third-order valence-corrected chi connectivity index (χ3v) is 5.91. The maximum atomic E-state index is 14.3. The highest BCUT2D eigenvalue weighted by atomic mass is 19.1. The van der Waals surface area contributed by atoms with Crippen LogP contribution in [0.3, 0.4) is 0 Å². The van der Waals surface area contributed by atoms with Gasteiger partial charge in [-0.2, -0.15) is 0 Å². The van der Waals surface area contributed by atoms with E-state index in [1.54, 1.807) is 19.2 Å². The van der Waals surface area contributed by atoms with E-state index in [4.69, 9.17) is 4.74 Å². The molecule has 0 saturated carbocycles. The van der Waals surface area contributed by atoms with Crippen LogP contribution in [0.5, 0.6) is 0 Å². The lowest BCUT2D eigenvalue weighted by Crippen LogP contribution is -2.53. The Hall–Kier alpha value is -3.75. The minimum Gasteiger partial charge on any atom is -0.456 e. The lowest BCUT2D eigenvalue weighted by Gasteiger charge is -2.42. The molecule has 3 heterocycles. The third kappa shape index (κ3) is 5.34. The lowest BCUT2D eigenvalue weighted by atomic mass is 10.1. The summed E-state index contributed by atoms with van der Waals surface area (Å²) in [6, 6.07) is 10.3. The van der Waals surface area contributed by atoms with Gasteiger partial charge in [-0.3, -0.25) is 14.3 Å². The number of pyridine rings is 1. The highest BCUT2D eigenvalue weighted by Crippen LogP contribution is 2.26. The fourth-order valence-electron chi connectivity index (χ4n) is 4.14. The summed E-state index contributed by atoms with van der Waals surface area (Å²) in [6.45, 7) is 9.59. The van der Waals surface area contributed by atoms with E-state index in [1.807, 2.05) is 32.9 Å². The number of carbonyl (C=O) groups is 1. The molecule has 1 aliphatic rings. The minimum absolute atomic E-state index is 0.0323. The van der Waals surface area contributed by atoms with Crippen molar-refractivity contribution in [2.24, 2.45) is 7.05 Å². The molecule has 1 unspecified atom stereocenters. The first-order chi connectivity index (χ1) is 16.5. The number of anilines is 2. The summed E-state index contributed by atoms with van der Waals surface area (Å²) in [7, 11) is 1.67. The zero-order valence-electron chi connectivity index (χ0n) is 20.7. The summed E-state index contributed by atoms with van der Waals surface area (Å²) in [5.74, 6) is -0.372. The van der Waals surface area contributed by atoms with E-state index in [0.717, 1.165) is 11.9 Å². The van der Waals surface area contributed by atoms with Gasteiger partial charge in [0.1, 0.15) is 5.60 Å². The number of piperazine rings is 1. The van der Waals surface area contributed by atoms with Gasteiger partial charge in [-0.1, -0.05) is 0 Å². The smallest absolute Gasteiger partial charge is 0.338 e. The molecule has 4 rings (SSSR count). The molecule has 3 aromatic rings. The highest BCUT2D eigenvalue weighted by molar-refractivity contribution is 5.90. The van der Waals surface area contributed by atoms with Crippen LogP contribution in [0.15, 0.2) is 53.6 Å². The molecule has 9 heteroatoms. The van der Waals surface area contributed by atoms with E-state index < -0.39 is 11.4 Å². The van der Waals surface area contributed by atoms with Gasteiger partial charge in [0.2, 0.25) is 5.95 Å². The van der Waals surface area contributed by atoms with E-state index in [0.29, 0.717) is 31.1 Å². The highest BCUT2D eigenvalue weighted by Gasteiger charge is 2.28. The first kappa shape index (κ1) is 24.4. The Bertz CT molecular complexity index is 1280. The van der Waals surface area contributed by atoms with Gasteiger partial charge in [-0.25, -0.2) is 14.2 Å². The van der Waals surface area contributed by atoms with Crippen molar-refractivity contribution in [3.8, 4) is 11.3 Å². The number of benzene rings is 1. The van der Waals surface area contributed by atoms with Gasteiger partial charge in [0.25, 0.3) is 5.56 Å². The predicted molar refractivity (Wildman–Crippen MR) is 133 cm³/mol. The summed E-state index contributed by atoms with van der Waals surface area (Å²) >= 11 is 0. The van der Waals surface area contributed by atoms with Gasteiger partial charge in [0.05, 0.1) is 17.5 Å². The number of rotatable bonds is 4. The normalized spacial score (nSPS) is 16.3. The van der Waals surface area contributed by atoms with Crippen molar-refractivity contribution in [2.45, 2.75) is 39.3 Å². The van der Waals surface area contributed by atoms with Crippen LogP contribution in [-0.2, 0) is 11.8 Å². The second-order valence-electron chi connectivity index (χ2n) is 9.73. The maximum absolute atomic E-state index is 14.3. The van der Waals surface area contributed by atoms with Gasteiger partial charge in [-0.05, 0) is 58.0 Å². The second kappa shape index (κ2) is 9.48. The molecule has 1 atom stereocenters. The number of ether oxygens (including phenoxy) is 1. The Morgan fingerprint density at radius 3 is 2.49 bits per heavy atom. The molecule has 0 radical (unpaired) electrons. The molecule has 1 aromatic carbocycles. The van der Waals surface area contributed by atoms with Crippen LogP contribution in [0.2, 0.25) is 0 Å². The SMILES string of the molecule is CC1CN(c2ccc(C(=O)OC(C)(C)C)cc2)CCN1c1nc(-c2ccncc2F)cc(=O)n1C. The van der Waals surface area contributed by atoms with Gasteiger partial charge in [-0.15, -0.1) is 0 Å². The Kier molecular flexibility index (Phi) is 6.60. The molecule has 1 aliphatic heterocycles. The number of carbonyl (C=O) groups excluding carboxylic acids is 1. The number of hydrogen-bond donors (Lipinski definition) is 0. The van der Waals surface area contributed by atoms with Crippen molar-refractivity contribution >= 4 is 17.6 Å². The largest absolute Gasteiger partial charge is 0.456 e. The molecule has 0 spiro atoms. The Morgan fingerprint density at radius 1 is 1.14 bits per heavy atom. The van der Waals surface area contributed by atoms with E-state index >= 15 is 0 Å². The second-order valence-corrected chi connectivity index (χ2v) is 9.73. The summed E-state index contributed by atoms with van der Waals surface area (Å²) in [5.41, 5.74) is 1.24. The van der Waals surface area contributed by atoms with Crippen LogP contribution in [0, 0.1) is 5.82 Å². The van der Waals surface area contributed by atoms with Crippen molar-refractivity contribution in [1.82, 2.24) is 14.5 Å². The van der Waals surface area contributed by atoms with Crippen LogP contribution in [-0.4, -0.2) is 51.8 Å². The number of halogens is 1. The van der Waals surface area contributed by atoms with E-state index in [1.165, 1.54) is 22.9 Å². The molecular weight excluding hydrogens is 449 g/mol. The van der Waals surface area contributed by atoms with Gasteiger partial charge in [0, 0.05) is 56.2 Å².